The highest BCUT2D eigenvalue weighted by molar-refractivity contribution is 8.13. The van der Waals surface area contributed by atoms with Crippen LogP contribution < -0.4 is 0 Å². The van der Waals surface area contributed by atoms with Crippen LogP contribution in [0.3, 0.4) is 0 Å². The lowest BCUT2D eigenvalue weighted by atomic mass is 10.1. The Bertz CT molecular complexity index is 253. The third-order valence-corrected chi connectivity index (χ3v) is 7.15. The molecule has 0 aromatic carbocycles. The molecule has 0 spiro atoms. The molecule has 0 unspecified atom stereocenters. The third kappa shape index (κ3) is 5.86. The van der Waals surface area contributed by atoms with Crippen molar-refractivity contribution in [2.45, 2.75) is 52.1 Å². The summed E-state index contributed by atoms with van der Waals surface area (Å²) >= 11 is 1.47. The minimum atomic E-state index is -1.91. The summed E-state index contributed by atoms with van der Waals surface area (Å²) in [6, 6.07) is 1.01. The number of carbonyl (C=O) groups excluding carboxylic acids is 1. The highest BCUT2D eigenvalue weighted by Crippen LogP contribution is 2.25. The van der Waals surface area contributed by atoms with Crippen molar-refractivity contribution >= 4 is 25.4 Å². The lowest BCUT2D eigenvalue weighted by Crippen LogP contribution is -2.46. The van der Waals surface area contributed by atoms with Gasteiger partial charge >= 0.3 is 8.56 Å². The molecule has 0 aliphatic carbocycles. The van der Waals surface area contributed by atoms with E-state index < -0.39 is 8.56 Å². The second-order valence-electron chi connectivity index (χ2n) is 5.10. The summed E-state index contributed by atoms with van der Waals surface area (Å²) in [7, 11) is -1.91. The quantitative estimate of drug-likeness (QED) is 0.530. The van der Waals surface area contributed by atoms with E-state index in [1.165, 1.54) is 11.8 Å². The Morgan fingerprint density at radius 2 is 2.00 bits per heavy atom. The summed E-state index contributed by atoms with van der Waals surface area (Å²) in [5.74, 6) is 1.48. The van der Waals surface area contributed by atoms with Crippen molar-refractivity contribution in [1.29, 1.82) is 0 Å². The van der Waals surface area contributed by atoms with E-state index in [2.05, 4.69) is 13.5 Å². The van der Waals surface area contributed by atoms with E-state index in [4.69, 9.17) is 8.85 Å². The zero-order chi connectivity index (χ0) is 13.4. The summed E-state index contributed by atoms with van der Waals surface area (Å²) in [5, 5.41) is 0.320. The van der Waals surface area contributed by atoms with Crippen LogP contribution in [-0.4, -0.2) is 32.6 Å². The highest BCUT2D eigenvalue weighted by Gasteiger charge is 2.36. The molecule has 1 aliphatic heterocycles. The van der Waals surface area contributed by atoms with Crippen molar-refractivity contribution in [3.05, 3.63) is 0 Å². The summed E-state index contributed by atoms with van der Waals surface area (Å²) < 4.78 is 11.9. The summed E-state index contributed by atoms with van der Waals surface area (Å²) in [6.45, 7) is 8.09. The molecule has 3 nitrogen and oxygen atoms in total. The first-order valence-electron chi connectivity index (χ1n) is 7.03. The summed E-state index contributed by atoms with van der Waals surface area (Å²) in [6.07, 6.45) is 3.80. The Kier molecular flexibility index (Phi) is 7.52. The van der Waals surface area contributed by atoms with Gasteiger partial charge in [0.15, 0.2) is 5.12 Å². The van der Waals surface area contributed by atoms with Crippen LogP contribution in [0.1, 0.15) is 39.5 Å². The number of hydrogen-bond donors (Lipinski definition) is 0. The van der Waals surface area contributed by atoms with E-state index in [-0.39, 0.29) is 0 Å². The number of thioether (sulfide) groups is 1. The average Bonchev–Trinajstić information content (AvgIpc) is 2.36. The van der Waals surface area contributed by atoms with Crippen LogP contribution >= 0.6 is 11.8 Å². The lowest BCUT2D eigenvalue weighted by Gasteiger charge is -2.35. The lowest BCUT2D eigenvalue weighted by molar-refractivity contribution is -0.111. The molecule has 0 radical (unpaired) electrons. The molecular formula is C13H26O3SSi. The first-order valence-corrected chi connectivity index (χ1v) is 10.5. The minimum absolute atomic E-state index is 0.320. The maximum Gasteiger partial charge on any atom is 0.334 e. The Morgan fingerprint density at radius 1 is 1.33 bits per heavy atom. The van der Waals surface area contributed by atoms with E-state index >= 15 is 0 Å². The Labute approximate surface area is 116 Å². The van der Waals surface area contributed by atoms with E-state index in [1.807, 2.05) is 6.92 Å². The zero-order valence-electron chi connectivity index (χ0n) is 11.9. The topological polar surface area (TPSA) is 35.5 Å². The Hall–Kier alpha value is 0.157. The molecular weight excluding hydrogens is 264 g/mol. The summed E-state index contributed by atoms with van der Waals surface area (Å²) in [4.78, 5) is 11.4. The Balaban J connectivity index is 2.13. The van der Waals surface area contributed by atoms with Crippen LogP contribution in [0.5, 0.6) is 0 Å². The van der Waals surface area contributed by atoms with Gasteiger partial charge in [-0.1, -0.05) is 25.6 Å². The smallest absolute Gasteiger partial charge is 0.334 e. The van der Waals surface area contributed by atoms with Crippen LogP contribution in [-0.2, 0) is 13.6 Å². The van der Waals surface area contributed by atoms with Crippen molar-refractivity contribution in [1.82, 2.24) is 0 Å². The van der Waals surface area contributed by atoms with Gasteiger partial charge in [0.05, 0.1) is 0 Å². The molecule has 0 N–H and O–H groups in total. The van der Waals surface area contributed by atoms with Gasteiger partial charge in [-0.05, 0) is 31.9 Å². The number of rotatable bonds is 7. The number of hydrogen-bond acceptors (Lipinski definition) is 4. The van der Waals surface area contributed by atoms with Gasteiger partial charge in [-0.25, -0.2) is 0 Å². The average molecular weight is 291 g/mol. The van der Waals surface area contributed by atoms with Gasteiger partial charge in [-0.3, -0.25) is 4.79 Å². The first kappa shape index (κ1) is 16.2. The molecule has 0 amide bonds. The van der Waals surface area contributed by atoms with Crippen molar-refractivity contribution in [2.24, 2.45) is 5.92 Å². The molecule has 0 bridgehead atoms. The van der Waals surface area contributed by atoms with Gasteiger partial charge in [0.2, 0.25) is 0 Å². The zero-order valence-corrected chi connectivity index (χ0v) is 13.7. The fraction of sp³-hybridized carbons (Fsp3) is 0.923. The van der Waals surface area contributed by atoms with Crippen molar-refractivity contribution in [3.63, 3.8) is 0 Å². The van der Waals surface area contributed by atoms with E-state index in [0.717, 1.165) is 44.3 Å². The first-order chi connectivity index (χ1) is 8.59. The molecule has 1 saturated heterocycles. The Morgan fingerprint density at radius 3 is 2.56 bits per heavy atom. The fourth-order valence-corrected chi connectivity index (χ4v) is 5.40. The van der Waals surface area contributed by atoms with E-state index in [1.54, 1.807) is 0 Å². The van der Waals surface area contributed by atoms with Gasteiger partial charge < -0.3 is 8.85 Å². The second-order valence-corrected chi connectivity index (χ2v) is 9.60. The molecule has 1 aliphatic rings. The molecule has 5 heteroatoms. The maximum atomic E-state index is 11.4. The number of carbonyl (C=O) groups is 1. The maximum absolute atomic E-state index is 11.4. The van der Waals surface area contributed by atoms with Gasteiger partial charge in [0.25, 0.3) is 0 Å². The molecule has 18 heavy (non-hydrogen) atoms. The molecule has 106 valence electrons. The molecule has 0 aromatic heterocycles. The van der Waals surface area contributed by atoms with Crippen molar-refractivity contribution in [3.8, 4) is 0 Å². The molecule has 1 rings (SSSR count). The minimum Gasteiger partial charge on any atom is -0.394 e. The van der Waals surface area contributed by atoms with E-state index in [9.17, 15) is 4.79 Å². The van der Waals surface area contributed by atoms with Crippen LogP contribution in [0.25, 0.3) is 0 Å². The SMILES string of the molecule is CCCC(=O)SCCC[Si]1(C)OCC(CC)CO1. The van der Waals surface area contributed by atoms with Gasteiger partial charge in [-0.2, -0.15) is 0 Å². The van der Waals surface area contributed by atoms with Gasteiger partial charge in [-0.15, -0.1) is 0 Å². The predicted octanol–water partition coefficient (Wildman–Crippen LogP) is 3.58. The standard InChI is InChI=1S/C13H26O3SSi/c1-4-7-13(14)17-8-6-9-18(3)15-10-12(5-2)11-16-18/h12H,4-11H2,1-3H3. The summed E-state index contributed by atoms with van der Waals surface area (Å²) in [5.41, 5.74) is 0. The van der Waals surface area contributed by atoms with Crippen LogP contribution in [0.4, 0.5) is 0 Å². The van der Waals surface area contributed by atoms with Crippen molar-refractivity contribution < 1.29 is 13.6 Å². The van der Waals surface area contributed by atoms with Crippen LogP contribution in [0, 0.1) is 5.92 Å². The second kappa shape index (κ2) is 8.35. The monoisotopic (exact) mass is 290 g/mol. The van der Waals surface area contributed by atoms with Crippen LogP contribution in [0.15, 0.2) is 0 Å². The van der Waals surface area contributed by atoms with Gasteiger partial charge in [0.1, 0.15) is 0 Å². The third-order valence-electron chi connectivity index (χ3n) is 3.32. The molecule has 1 heterocycles. The van der Waals surface area contributed by atoms with E-state index in [0.29, 0.717) is 17.5 Å². The molecule has 0 atom stereocenters. The van der Waals surface area contributed by atoms with Gasteiger partial charge in [0, 0.05) is 31.3 Å². The fourth-order valence-electron chi connectivity index (χ4n) is 1.91. The molecule has 0 aromatic rings. The van der Waals surface area contributed by atoms with Crippen molar-refractivity contribution in [2.75, 3.05) is 19.0 Å². The highest BCUT2D eigenvalue weighted by atomic mass is 32.2. The van der Waals surface area contributed by atoms with Crippen LogP contribution in [0.2, 0.25) is 12.6 Å². The normalized spacial score (nSPS) is 28.3. The predicted molar refractivity (Wildman–Crippen MR) is 79.1 cm³/mol. The molecule has 1 fully saturated rings. The largest absolute Gasteiger partial charge is 0.394 e. The molecule has 0 saturated carbocycles.